The van der Waals surface area contributed by atoms with E-state index < -0.39 is 0 Å². The van der Waals surface area contributed by atoms with Gasteiger partial charge in [-0.05, 0) is 18.8 Å². The van der Waals surface area contributed by atoms with Crippen LogP contribution in [0.3, 0.4) is 0 Å². The summed E-state index contributed by atoms with van der Waals surface area (Å²) in [6, 6.07) is 0. The van der Waals surface area contributed by atoms with Gasteiger partial charge in [0.2, 0.25) is 0 Å². The molecule has 1 saturated carbocycles. The molecule has 4 heteroatoms. The molecule has 0 atom stereocenters. The Balaban J connectivity index is 2.36. The van der Waals surface area contributed by atoms with Crippen LogP contribution in [-0.2, 0) is 16.9 Å². The summed E-state index contributed by atoms with van der Waals surface area (Å²) < 4.78 is 5.86. The Morgan fingerprint density at radius 3 is 2.44 bits per heavy atom. The quantitative estimate of drug-likeness (QED) is 0.908. The average Bonchev–Trinajstić information content (AvgIpc) is 2.84. The minimum absolute atomic E-state index is 0.139. The summed E-state index contributed by atoms with van der Waals surface area (Å²) in [6.45, 7) is 4.95. The van der Waals surface area contributed by atoms with Crippen molar-refractivity contribution in [2.75, 3.05) is 7.11 Å². The van der Waals surface area contributed by atoms with E-state index in [4.69, 9.17) is 15.5 Å². The maximum atomic E-state index is 5.86. The monoisotopic (exact) mass is 268 g/mol. The van der Waals surface area contributed by atoms with E-state index in [1.807, 2.05) is 7.11 Å². The summed E-state index contributed by atoms with van der Waals surface area (Å²) >= 11 is 1.76. The Labute approximate surface area is 114 Å². The molecule has 0 saturated heterocycles. The van der Waals surface area contributed by atoms with Gasteiger partial charge in [0.15, 0.2) is 0 Å². The molecule has 102 valence electrons. The molecule has 3 nitrogen and oxygen atoms in total. The molecule has 0 aromatic carbocycles. The fourth-order valence-electron chi connectivity index (χ4n) is 2.78. The van der Waals surface area contributed by atoms with Gasteiger partial charge < -0.3 is 10.5 Å². The van der Waals surface area contributed by atoms with Crippen molar-refractivity contribution in [1.29, 1.82) is 0 Å². The number of rotatable bonds is 4. The second kappa shape index (κ2) is 5.68. The number of hydrogen-bond acceptors (Lipinski definition) is 4. The van der Waals surface area contributed by atoms with E-state index in [1.54, 1.807) is 11.3 Å². The molecule has 0 unspecified atom stereocenters. The molecule has 1 aromatic rings. The third kappa shape index (κ3) is 2.46. The highest BCUT2D eigenvalue weighted by molar-refractivity contribution is 7.11. The van der Waals surface area contributed by atoms with Crippen molar-refractivity contribution < 1.29 is 4.74 Å². The van der Waals surface area contributed by atoms with Gasteiger partial charge in [-0.15, -0.1) is 11.3 Å². The van der Waals surface area contributed by atoms with Crippen molar-refractivity contribution in [3.8, 4) is 0 Å². The largest absolute Gasteiger partial charge is 0.371 e. The van der Waals surface area contributed by atoms with Crippen molar-refractivity contribution in [3.63, 3.8) is 0 Å². The summed E-state index contributed by atoms with van der Waals surface area (Å²) in [7, 11) is 1.82. The van der Waals surface area contributed by atoms with Gasteiger partial charge in [0.05, 0.1) is 5.69 Å². The van der Waals surface area contributed by atoms with Gasteiger partial charge in [0.1, 0.15) is 10.6 Å². The van der Waals surface area contributed by atoms with Crippen molar-refractivity contribution in [2.24, 2.45) is 5.73 Å². The number of nitrogens with zero attached hydrogens (tertiary/aromatic N) is 1. The maximum Gasteiger partial charge on any atom is 0.125 e. The molecule has 1 aliphatic rings. The highest BCUT2D eigenvalue weighted by Gasteiger charge is 2.37. The number of ether oxygens (including phenoxy) is 1. The summed E-state index contributed by atoms with van der Waals surface area (Å²) in [6.07, 6.45) is 5.99. The van der Waals surface area contributed by atoms with Gasteiger partial charge >= 0.3 is 0 Å². The van der Waals surface area contributed by atoms with E-state index in [2.05, 4.69) is 13.8 Å². The first-order valence-corrected chi connectivity index (χ1v) is 7.70. The van der Waals surface area contributed by atoms with Crippen molar-refractivity contribution in [1.82, 2.24) is 4.98 Å². The zero-order valence-corrected chi connectivity index (χ0v) is 12.5. The van der Waals surface area contributed by atoms with Crippen LogP contribution in [0.2, 0.25) is 0 Å². The summed E-state index contributed by atoms with van der Waals surface area (Å²) in [5, 5.41) is 1.15. The van der Waals surface area contributed by atoms with Crippen LogP contribution in [0.4, 0.5) is 0 Å². The third-order valence-corrected chi connectivity index (χ3v) is 5.18. The Kier molecular flexibility index (Phi) is 4.41. The van der Waals surface area contributed by atoms with Crippen LogP contribution in [0.5, 0.6) is 0 Å². The molecule has 1 heterocycles. The second-order valence-electron chi connectivity index (χ2n) is 5.45. The average molecular weight is 268 g/mol. The molecule has 0 bridgehead atoms. The molecule has 1 aromatic heterocycles. The minimum atomic E-state index is -0.139. The Morgan fingerprint density at radius 1 is 1.33 bits per heavy atom. The van der Waals surface area contributed by atoms with Gasteiger partial charge in [0, 0.05) is 18.5 Å². The fourth-order valence-corrected chi connectivity index (χ4v) is 4.10. The second-order valence-corrected chi connectivity index (χ2v) is 6.53. The standard InChI is InChI=1S/C14H24N2OS/c1-10(2)12-11(9-15)18-13(16-12)14(17-3)7-5-4-6-8-14/h10H,4-9,15H2,1-3H3. The molecule has 2 N–H and O–H groups in total. The zero-order chi connectivity index (χ0) is 13.2. The lowest BCUT2D eigenvalue weighted by atomic mass is 9.85. The lowest BCUT2D eigenvalue weighted by molar-refractivity contribution is -0.0447. The van der Waals surface area contributed by atoms with Gasteiger partial charge in [0.25, 0.3) is 0 Å². The predicted octanol–water partition coefficient (Wildman–Crippen LogP) is 3.53. The first kappa shape index (κ1) is 14.0. The molecule has 0 aliphatic heterocycles. The summed E-state index contributed by atoms with van der Waals surface area (Å²) in [5.74, 6) is 0.436. The van der Waals surface area contributed by atoms with Gasteiger partial charge in [-0.25, -0.2) is 4.98 Å². The van der Waals surface area contributed by atoms with Gasteiger partial charge in [-0.3, -0.25) is 0 Å². The molecule has 0 amide bonds. The van der Waals surface area contributed by atoms with E-state index in [0.29, 0.717) is 12.5 Å². The number of thiazole rings is 1. The Bertz CT molecular complexity index is 394. The van der Waals surface area contributed by atoms with Crippen molar-refractivity contribution in [2.45, 2.75) is 64.0 Å². The molecular weight excluding hydrogens is 244 g/mol. The third-order valence-electron chi connectivity index (χ3n) is 3.90. The maximum absolute atomic E-state index is 5.86. The topological polar surface area (TPSA) is 48.1 Å². The molecule has 0 spiro atoms. The predicted molar refractivity (Wildman–Crippen MR) is 75.9 cm³/mol. The van der Waals surface area contributed by atoms with Crippen LogP contribution in [-0.4, -0.2) is 12.1 Å². The van der Waals surface area contributed by atoms with E-state index in [0.717, 1.165) is 17.8 Å². The fraction of sp³-hybridized carbons (Fsp3) is 0.786. The van der Waals surface area contributed by atoms with Crippen LogP contribution in [0, 0.1) is 0 Å². The summed E-state index contributed by atoms with van der Waals surface area (Å²) in [5.41, 5.74) is 6.87. The smallest absolute Gasteiger partial charge is 0.125 e. The minimum Gasteiger partial charge on any atom is -0.371 e. The number of hydrogen-bond donors (Lipinski definition) is 1. The SMILES string of the molecule is COC1(c2nc(C(C)C)c(CN)s2)CCCCC1. The van der Waals surface area contributed by atoms with Crippen molar-refractivity contribution >= 4 is 11.3 Å². The lowest BCUT2D eigenvalue weighted by Gasteiger charge is -2.34. The molecular formula is C14H24N2OS. The van der Waals surface area contributed by atoms with E-state index >= 15 is 0 Å². The van der Waals surface area contributed by atoms with Crippen LogP contribution in [0.15, 0.2) is 0 Å². The summed E-state index contributed by atoms with van der Waals surface area (Å²) in [4.78, 5) is 6.08. The molecule has 0 radical (unpaired) electrons. The lowest BCUT2D eigenvalue weighted by Crippen LogP contribution is -2.31. The van der Waals surface area contributed by atoms with E-state index in [-0.39, 0.29) is 5.60 Å². The van der Waals surface area contributed by atoms with Crippen LogP contribution in [0.1, 0.15) is 67.4 Å². The Hall–Kier alpha value is -0.450. The van der Waals surface area contributed by atoms with Crippen LogP contribution < -0.4 is 5.73 Å². The van der Waals surface area contributed by atoms with E-state index in [1.165, 1.54) is 29.8 Å². The number of nitrogens with two attached hydrogens (primary N) is 1. The molecule has 1 fully saturated rings. The van der Waals surface area contributed by atoms with Gasteiger partial charge in [-0.2, -0.15) is 0 Å². The molecule has 18 heavy (non-hydrogen) atoms. The van der Waals surface area contributed by atoms with Crippen LogP contribution in [0.25, 0.3) is 0 Å². The van der Waals surface area contributed by atoms with Crippen molar-refractivity contribution in [3.05, 3.63) is 15.6 Å². The zero-order valence-electron chi connectivity index (χ0n) is 11.7. The van der Waals surface area contributed by atoms with Crippen LogP contribution >= 0.6 is 11.3 Å². The number of aromatic nitrogens is 1. The molecule has 2 rings (SSSR count). The first-order chi connectivity index (χ1) is 8.63. The number of methoxy groups -OCH3 is 1. The highest BCUT2D eigenvalue weighted by atomic mass is 32.1. The van der Waals surface area contributed by atoms with E-state index in [9.17, 15) is 0 Å². The molecule has 1 aliphatic carbocycles. The Morgan fingerprint density at radius 2 is 2.00 bits per heavy atom. The normalized spacial score (nSPS) is 19.4. The highest BCUT2D eigenvalue weighted by Crippen LogP contribution is 2.43. The first-order valence-electron chi connectivity index (χ1n) is 6.88. The van der Waals surface area contributed by atoms with Gasteiger partial charge in [-0.1, -0.05) is 33.1 Å².